The minimum absolute atomic E-state index is 0.0991. The molecule has 20 heavy (non-hydrogen) atoms. The zero-order valence-corrected chi connectivity index (χ0v) is 12.2. The molecule has 0 saturated heterocycles. The lowest BCUT2D eigenvalue weighted by Crippen LogP contribution is -2.12. The molecule has 100 valence electrons. The third-order valence-corrected chi connectivity index (χ3v) is 3.61. The van der Waals surface area contributed by atoms with Gasteiger partial charge in [-0.2, -0.15) is 0 Å². The number of hydrogen-bond acceptors (Lipinski definition) is 1. The Hall–Kier alpha value is -2.15. The van der Waals surface area contributed by atoms with Gasteiger partial charge in [-0.25, -0.2) is 0 Å². The zero-order chi connectivity index (χ0) is 14.2. The number of rotatable bonds is 1. The monoisotopic (exact) mass is 261 g/mol. The first-order valence-electron chi connectivity index (χ1n) is 7.00. The first-order valence-corrected chi connectivity index (χ1v) is 7.00. The maximum absolute atomic E-state index is 4.61. The first kappa shape index (κ1) is 12.9. The van der Waals surface area contributed by atoms with Gasteiger partial charge >= 0.3 is 0 Å². The first-order chi connectivity index (χ1) is 9.54. The summed E-state index contributed by atoms with van der Waals surface area (Å²) in [7, 11) is 0. The quantitative estimate of drug-likeness (QED) is 0.586. The lowest BCUT2D eigenvalue weighted by Gasteiger charge is -2.17. The highest BCUT2D eigenvalue weighted by Gasteiger charge is 2.14. The van der Waals surface area contributed by atoms with E-state index in [1.54, 1.807) is 0 Å². The molecule has 0 spiro atoms. The maximum atomic E-state index is 4.61. The number of fused-ring (bicyclic) bond motifs is 1. The van der Waals surface area contributed by atoms with E-state index in [1.807, 2.05) is 6.20 Å². The van der Waals surface area contributed by atoms with Crippen LogP contribution in [0.1, 0.15) is 26.5 Å². The molecule has 0 unspecified atom stereocenters. The highest BCUT2D eigenvalue weighted by Crippen LogP contribution is 2.26. The fraction of sp³-hybridized carbons (Fsp3) is 0.211. The molecule has 0 bridgehead atoms. The van der Waals surface area contributed by atoms with Crippen molar-refractivity contribution in [2.24, 2.45) is 0 Å². The highest BCUT2D eigenvalue weighted by atomic mass is 14.7. The van der Waals surface area contributed by atoms with Crippen molar-refractivity contribution >= 4 is 10.8 Å². The summed E-state index contributed by atoms with van der Waals surface area (Å²) in [5.74, 6) is 0. The van der Waals surface area contributed by atoms with Gasteiger partial charge in [-0.3, -0.25) is 4.98 Å². The van der Waals surface area contributed by atoms with E-state index in [1.165, 1.54) is 21.9 Å². The summed E-state index contributed by atoms with van der Waals surface area (Å²) in [6.07, 6.45) is 1.98. The van der Waals surface area contributed by atoms with Crippen LogP contribution in [0.4, 0.5) is 0 Å². The molecule has 0 saturated carbocycles. The summed E-state index contributed by atoms with van der Waals surface area (Å²) in [4.78, 5) is 4.61. The molecule has 0 atom stereocenters. The van der Waals surface area contributed by atoms with Crippen molar-refractivity contribution in [1.82, 2.24) is 4.98 Å². The average Bonchev–Trinajstić information content (AvgIpc) is 2.46. The van der Waals surface area contributed by atoms with Crippen LogP contribution in [-0.4, -0.2) is 4.98 Å². The summed E-state index contributed by atoms with van der Waals surface area (Å²) in [6.45, 7) is 6.56. The van der Waals surface area contributed by atoms with Gasteiger partial charge in [0.15, 0.2) is 0 Å². The van der Waals surface area contributed by atoms with E-state index in [2.05, 4.69) is 80.4 Å². The van der Waals surface area contributed by atoms with Gasteiger partial charge in [-0.1, -0.05) is 63.2 Å². The van der Waals surface area contributed by atoms with Crippen molar-refractivity contribution in [3.8, 4) is 11.1 Å². The van der Waals surface area contributed by atoms with E-state index in [-0.39, 0.29) is 5.41 Å². The summed E-state index contributed by atoms with van der Waals surface area (Å²) >= 11 is 0. The largest absolute Gasteiger partial charge is 0.260 e. The van der Waals surface area contributed by atoms with Gasteiger partial charge in [0, 0.05) is 22.9 Å². The highest BCUT2D eigenvalue weighted by molar-refractivity contribution is 5.87. The van der Waals surface area contributed by atoms with E-state index >= 15 is 0 Å². The van der Waals surface area contributed by atoms with Gasteiger partial charge < -0.3 is 0 Å². The Morgan fingerprint density at radius 3 is 2.10 bits per heavy atom. The van der Waals surface area contributed by atoms with Crippen LogP contribution < -0.4 is 0 Å². The number of benzene rings is 2. The van der Waals surface area contributed by atoms with Crippen molar-refractivity contribution in [3.63, 3.8) is 0 Å². The van der Waals surface area contributed by atoms with Crippen molar-refractivity contribution < 1.29 is 0 Å². The van der Waals surface area contributed by atoms with Crippen LogP contribution in [-0.2, 0) is 5.41 Å². The van der Waals surface area contributed by atoms with Crippen LogP contribution in [0.5, 0.6) is 0 Å². The van der Waals surface area contributed by atoms with Crippen molar-refractivity contribution in [3.05, 3.63) is 66.5 Å². The van der Waals surface area contributed by atoms with E-state index in [0.717, 1.165) is 5.69 Å². The predicted octanol–water partition coefficient (Wildman–Crippen LogP) is 5.20. The number of hydrogen-bond donors (Lipinski definition) is 0. The molecule has 0 amide bonds. The Labute approximate surface area is 120 Å². The van der Waals surface area contributed by atoms with Crippen LogP contribution in [0.3, 0.4) is 0 Å². The molecule has 0 aliphatic heterocycles. The number of pyridine rings is 1. The fourth-order valence-electron chi connectivity index (χ4n) is 2.38. The summed E-state index contributed by atoms with van der Waals surface area (Å²) < 4.78 is 0. The lowest BCUT2D eigenvalue weighted by atomic mass is 9.91. The second-order valence-corrected chi connectivity index (χ2v) is 6.24. The second-order valence-electron chi connectivity index (χ2n) is 6.24. The molecule has 1 heterocycles. The Morgan fingerprint density at radius 1 is 0.750 bits per heavy atom. The van der Waals surface area contributed by atoms with E-state index in [4.69, 9.17) is 0 Å². The molecule has 0 N–H and O–H groups in total. The molecule has 0 radical (unpaired) electrons. The van der Waals surface area contributed by atoms with Crippen LogP contribution in [0.15, 0.2) is 60.8 Å². The minimum atomic E-state index is 0.0991. The van der Waals surface area contributed by atoms with Gasteiger partial charge in [0.25, 0.3) is 0 Å². The third kappa shape index (κ3) is 2.44. The molecule has 1 aromatic heterocycles. The van der Waals surface area contributed by atoms with Crippen LogP contribution in [0.25, 0.3) is 21.9 Å². The Morgan fingerprint density at radius 2 is 1.45 bits per heavy atom. The molecule has 3 rings (SSSR count). The molecule has 1 nitrogen and oxygen atoms in total. The molecule has 0 aliphatic rings. The molecule has 3 aromatic rings. The van der Waals surface area contributed by atoms with Gasteiger partial charge in [0.05, 0.1) is 0 Å². The van der Waals surface area contributed by atoms with E-state index < -0.39 is 0 Å². The van der Waals surface area contributed by atoms with Gasteiger partial charge in [-0.05, 0) is 28.5 Å². The second kappa shape index (κ2) is 4.75. The smallest absolute Gasteiger partial charge is 0.0457 e. The molecular weight excluding hydrogens is 242 g/mol. The minimum Gasteiger partial charge on any atom is -0.260 e. The average molecular weight is 261 g/mol. The third-order valence-electron chi connectivity index (χ3n) is 3.61. The van der Waals surface area contributed by atoms with Gasteiger partial charge in [0.1, 0.15) is 0 Å². The Kier molecular flexibility index (Phi) is 3.06. The van der Waals surface area contributed by atoms with Crippen molar-refractivity contribution in [1.29, 1.82) is 0 Å². The molecular formula is C19H19N. The van der Waals surface area contributed by atoms with Gasteiger partial charge in [-0.15, -0.1) is 0 Å². The maximum Gasteiger partial charge on any atom is 0.0457 e. The summed E-state index contributed by atoms with van der Waals surface area (Å²) in [6, 6.07) is 19.3. The predicted molar refractivity (Wildman–Crippen MR) is 85.9 cm³/mol. The van der Waals surface area contributed by atoms with Crippen LogP contribution >= 0.6 is 0 Å². The molecule has 2 aromatic carbocycles. The number of nitrogens with zero attached hydrogens (tertiary/aromatic N) is 1. The van der Waals surface area contributed by atoms with Crippen molar-refractivity contribution in [2.75, 3.05) is 0 Å². The molecule has 0 aliphatic carbocycles. The topological polar surface area (TPSA) is 12.9 Å². The summed E-state index contributed by atoms with van der Waals surface area (Å²) in [5.41, 5.74) is 3.62. The van der Waals surface area contributed by atoms with Gasteiger partial charge in [0.2, 0.25) is 0 Å². The number of aromatic nitrogens is 1. The molecule has 1 heteroatoms. The summed E-state index contributed by atoms with van der Waals surface area (Å²) in [5, 5.41) is 2.54. The zero-order valence-electron chi connectivity index (χ0n) is 12.2. The van der Waals surface area contributed by atoms with Crippen molar-refractivity contribution in [2.45, 2.75) is 26.2 Å². The Balaban J connectivity index is 2.02. The normalized spacial score (nSPS) is 11.8. The Bertz CT molecular complexity index is 734. The molecule has 0 fully saturated rings. The van der Waals surface area contributed by atoms with E-state index in [9.17, 15) is 0 Å². The fourth-order valence-corrected chi connectivity index (χ4v) is 2.38. The lowest BCUT2D eigenvalue weighted by molar-refractivity contribution is 0.569. The van der Waals surface area contributed by atoms with Crippen LogP contribution in [0, 0.1) is 0 Å². The van der Waals surface area contributed by atoms with Crippen LogP contribution in [0.2, 0.25) is 0 Å². The standard InChI is InChI=1S/C19H19N/c1-19(2,3)18-11-10-17(13-20-18)16-9-8-14-6-4-5-7-15(14)12-16/h4-13H,1-3H3. The van der Waals surface area contributed by atoms with E-state index in [0.29, 0.717) is 0 Å². The SMILES string of the molecule is CC(C)(C)c1ccc(-c2ccc3ccccc3c2)cn1.